The number of hydrogen-bond donors (Lipinski definition) is 2. The van der Waals surface area contributed by atoms with Crippen molar-refractivity contribution in [3.05, 3.63) is 66.4 Å². The maximum absolute atomic E-state index is 12.8. The summed E-state index contributed by atoms with van der Waals surface area (Å²) in [6.07, 6.45) is 2.60. The van der Waals surface area contributed by atoms with E-state index in [1.54, 1.807) is 6.20 Å². The second-order valence-electron chi connectivity index (χ2n) is 7.74. The first-order valence-electron chi connectivity index (χ1n) is 10.8. The monoisotopic (exact) mass is 463 g/mol. The number of amides is 1. The number of carbonyl (C=O) groups excluding carboxylic acids is 1. The van der Waals surface area contributed by atoms with Crippen LogP contribution in [0.25, 0.3) is 32.5 Å². The van der Waals surface area contributed by atoms with Gasteiger partial charge < -0.3 is 16.0 Å². The molecule has 0 spiro atoms. The third kappa shape index (κ3) is 4.59. The van der Waals surface area contributed by atoms with Crippen LogP contribution >= 0.6 is 11.3 Å². The Morgan fingerprint density at radius 1 is 0.970 bits per heavy atom. The minimum atomic E-state index is 0. The van der Waals surface area contributed by atoms with Gasteiger partial charge in [0.05, 0.1) is 11.9 Å². The van der Waals surface area contributed by atoms with E-state index in [0.717, 1.165) is 48.7 Å². The van der Waals surface area contributed by atoms with E-state index in [1.165, 1.54) is 11.3 Å². The zero-order chi connectivity index (χ0) is 22.6. The predicted octanol–water partition coefficient (Wildman–Crippen LogP) is 4.08. The molecule has 2 aromatic heterocycles. The summed E-state index contributed by atoms with van der Waals surface area (Å²) in [4.78, 5) is 23.8. The Hall–Kier alpha value is -3.69. The van der Waals surface area contributed by atoms with Gasteiger partial charge in [-0.3, -0.25) is 4.79 Å². The van der Waals surface area contributed by atoms with Gasteiger partial charge >= 0.3 is 0 Å². The Labute approximate surface area is 200 Å². The van der Waals surface area contributed by atoms with Crippen LogP contribution in [-0.4, -0.2) is 57.2 Å². The maximum atomic E-state index is 12.8. The highest BCUT2D eigenvalue weighted by Crippen LogP contribution is 2.32. The van der Waals surface area contributed by atoms with Gasteiger partial charge in [-0.15, -0.1) is 10.2 Å². The lowest BCUT2D eigenvalue weighted by molar-refractivity contribution is 0.0766. The number of anilines is 1. The van der Waals surface area contributed by atoms with Gasteiger partial charge in [0.15, 0.2) is 10.8 Å². The average molecular weight is 464 g/mol. The minimum Gasteiger partial charge on any atom is -0.382 e. The molecule has 9 heteroatoms. The van der Waals surface area contributed by atoms with E-state index in [-0.39, 0.29) is 10.2 Å². The van der Waals surface area contributed by atoms with Gasteiger partial charge in [-0.2, -0.15) is 0 Å². The van der Waals surface area contributed by atoms with Crippen molar-refractivity contribution >= 4 is 23.1 Å². The number of carbonyl (C=O) groups is 1. The van der Waals surface area contributed by atoms with Crippen molar-refractivity contribution in [2.45, 2.75) is 6.42 Å². The Morgan fingerprint density at radius 3 is 2.58 bits per heavy atom. The predicted molar refractivity (Wildman–Crippen MR) is 136 cm³/mol. The molecule has 33 heavy (non-hydrogen) atoms. The van der Waals surface area contributed by atoms with Gasteiger partial charge in [0, 0.05) is 40.6 Å². The zero-order valence-corrected chi connectivity index (χ0v) is 18.8. The van der Waals surface area contributed by atoms with Gasteiger partial charge in [0.1, 0.15) is 10.7 Å². The number of hydrogen-bond acceptors (Lipinski definition) is 8. The third-order valence-corrected chi connectivity index (χ3v) is 6.48. The lowest BCUT2D eigenvalue weighted by Crippen LogP contribution is -2.34. The zero-order valence-electron chi connectivity index (χ0n) is 17.9. The summed E-state index contributed by atoms with van der Waals surface area (Å²) < 4.78 is 0. The van der Waals surface area contributed by atoms with Crippen LogP contribution in [0.3, 0.4) is 0 Å². The summed E-state index contributed by atoms with van der Waals surface area (Å²) in [6, 6.07) is 17.3. The van der Waals surface area contributed by atoms with Crippen LogP contribution in [-0.2, 0) is 0 Å². The number of rotatable bonds is 4. The molecule has 172 valence electrons. The van der Waals surface area contributed by atoms with Gasteiger partial charge in [0.25, 0.3) is 5.91 Å². The molecule has 0 bridgehead atoms. The molecule has 0 aliphatic carbocycles. The molecule has 1 saturated heterocycles. The van der Waals surface area contributed by atoms with Crippen LogP contribution in [0.2, 0.25) is 0 Å². The first kappa shape index (κ1) is 21.2. The van der Waals surface area contributed by atoms with Crippen LogP contribution in [0.15, 0.2) is 60.8 Å². The Morgan fingerprint density at radius 2 is 1.76 bits per heavy atom. The minimum absolute atomic E-state index is 0. The second kappa shape index (κ2) is 9.43. The van der Waals surface area contributed by atoms with Crippen LogP contribution in [0.4, 0.5) is 5.82 Å². The van der Waals surface area contributed by atoms with Crippen LogP contribution < -0.4 is 11.1 Å². The molecule has 0 unspecified atom stereocenters. The number of nitrogen functional groups attached to an aromatic ring is 1. The lowest BCUT2D eigenvalue weighted by Gasteiger charge is -2.20. The molecule has 1 fully saturated rings. The summed E-state index contributed by atoms with van der Waals surface area (Å²) >= 11 is 1.42. The molecule has 0 saturated carbocycles. The van der Waals surface area contributed by atoms with Gasteiger partial charge in [-0.1, -0.05) is 53.8 Å². The SMILES string of the molecule is Nc1ncc(-c2ccc(C(=O)N3CCCNCC3)cc2)nc1-c1nnc(-c2ccccc2)s1.[HH].[HH].[HH]. The quantitative estimate of drug-likeness (QED) is 0.469. The molecular weight excluding hydrogens is 434 g/mol. The number of nitrogens with two attached hydrogens (primary N) is 1. The van der Waals surface area contributed by atoms with E-state index in [9.17, 15) is 4.79 Å². The molecular formula is C24H29N7OS. The number of aromatic nitrogens is 4. The number of benzene rings is 2. The Bertz CT molecular complexity index is 1260. The first-order valence-corrected chi connectivity index (χ1v) is 11.6. The van der Waals surface area contributed by atoms with E-state index >= 15 is 0 Å². The molecule has 4 aromatic rings. The molecule has 3 N–H and O–H groups in total. The van der Waals surface area contributed by atoms with E-state index < -0.39 is 0 Å². The summed E-state index contributed by atoms with van der Waals surface area (Å²) in [6.45, 7) is 3.26. The molecule has 2 aromatic carbocycles. The summed E-state index contributed by atoms with van der Waals surface area (Å²) in [7, 11) is 0. The first-order chi connectivity index (χ1) is 16.2. The Balaban J connectivity index is 0.00000152. The van der Waals surface area contributed by atoms with Crippen LogP contribution in [0.5, 0.6) is 0 Å². The topological polar surface area (TPSA) is 110 Å². The molecule has 3 heterocycles. The highest BCUT2D eigenvalue weighted by Gasteiger charge is 2.18. The number of nitrogens with one attached hydrogen (secondary N) is 1. The lowest BCUT2D eigenvalue weighted by atomic mass is 10.1. The standard InChI is InChI=1S/C24H23N7OS.3H2/c25-21-20(23-30-29-22(33-23)17-5-2-1-3-6-17)28-19(15-27-21)16-7-9-18(10-8-16)24(32)31-13-4-11-26-12-14-31;;;/h1-3,5-10,15,26H,4,11-14H2,(H2,25,27);3*1H. The van der Waals surface area contributed by atoms with Crippen molar-refractivity contribution in [3.8, 4) is 32.5 Å². The fourth-order valence-corrected chi connectivity index (χ4v) is 4.57. The second-order valence-corrected chi connectivity index (χ2v) is 8.72. The third-order valence-electron chi connectivity index (χ3n) is 5.50. The highest BCUT2D eigenvalue weighted by atomic mass is 32.1. The summed E-state index contributed by atoms with van der Waals surface area (Å²) in [5.41, 5.74) is 9.79. The highest BCUT2D eigenvalue weighted by molar-refractivity contribution is 7.17. The van der Waals surface area contributed by atoms with Gasteiger partial charge in [-0.05, 0) is 25.1 Å². The summed E-state index contributed by atoms with van der Waals surface area (Å²) in [5.74, 6) is 0.354. The Kier molecular flexibility index (Phi) is 6.05. The van der Waals surface area contributed by atoms with Crippen molar-refractivity contribution in [1.82, 2.24) is 30.4 Å². The van der Waals surface area contributed by atoms with E-state index in [4.69, 9.17) is 10.7 Å². The van der Waals surface area contributed by atoms with Gasteiger partial charge in [-0.25, -0.2) is 9.97 Å². The number of nitrogens with zero attached hydrogens (tertiary/aromatic N) is 5. The molecule has 0 radical (unpaired) electrons. The van der Waals surface area contributed by atoms with Crippen molar-refractivity contribution in [2.24, 2.45) is 0 Å². The van der Waals surface area contributed by atoms with Gasteiger partial charge in [0.2, 0.25) is 0 Å². The van der Waals surface area contributed by atoms with E-state index in [2.05, 4.69) is 20.5 Å². The largest absolute Gasteiger partial charge is 0.382 e. The molecule has 1 aliphatic heterocycles. The van der Waals surface area contributed by atoms with Crippen molar-refractivity contribution in [3.63, 3.8) is 0 Å². The fourth-order valence-electron chi connectivity index (χ4n) is 3.73. The van der Waals surface area contributed by atoms with Crippen molar-refractivity contribution in [1.29, 1.82) is 0 Å². The molecule has 8 nitrogen and oxygen atoms in total. The van der Waals surface area contributed by atoms with E-state index in [0.29, 0.717) is 27.8 Å². The average Bonchev–Trinajstić information content (AvgIpc) is 3.19. The molecule has 5 rings (SSSR count). The molecule has 1 amide bonds. The fraction of sp³-hybridized carbons (Fsp3) is 0.208. The smallest absolute Gasteiger partial charge is 0.253 e. The maximum Gasteiger partial charge on any atom is 0.253 e. The summed E-state index contributed by atoms with van der Waals surface area (Å²) in [5, 5.41) is 13.3. The van der Waals surface area contributed by atoms with Crippen LogP contribution in [0.1, 0.15) is 21.1 Å². The molecule has 0 atom stereocenters. The van der Waals surface area contributed by atoms with E-state index in [1.807, 2.05) is 59.5 Å². The molecule has 1 aliphatic rings. The normalized spacial score (nSPS) is 14.1. The van der Waals surface area contributed by atoms with Crippen molar-refractivity contribution in [2.75, 3.05) is 31.9 Å². The van der Waals surface area contributed by atoms with Crippen molar-refractivity contribution < 1.29 is 9.07 Å². The van der Waals surface area contributed by atoms with Crippen LogP contribution in [0, 0.1) is 0 Å².